The Balaban J connectivity index is 1.76. The fraction of sp³-hybridized carbons (Fsp3) is 0.371. The molecule has 1 fully saturated rings. The fourth-order valence-corrected chi connectivity index (χ4v) is 5.31. The summed E-state index contributed by atoms with van der Waals surface area (Å²) in [5, 5.41) is 11.6. The molecule has 1 amide bonds. The third kappa shape index (κ3) is 7.20. The Kier molecular flexibility index (Phi) is 10.8. The SMILES string of the molecule is CCCOc1ccc(C(O)=C2C(=O)C(=O)N(CCN(CC)CC)C2c2ccc(OCc3ccccc3)c(OC)c2)c(C)c1. The molecule has 0 saturated carbocycles. The van der Waals surface area contributed by atoms with Crippen molar-refractivity contribution in [1.82, 2.24) is 9.80 Å². The van der Waals surface area contributed by atoms with E-state index >= 15 is 0 Å². The smallest absolute Gasteiger partial charge is 0.295 e. The second-order valence-corrected chi connectivity index (χ2v) is 10.5. The summed E-state index contributed by atoms with van der Waals surface area (Å²) in [6.45, 7) is 11.5. The summed E-state index contributed by atoms with van der Waals surface area (Å²) in [7, 11) is 1.55. The van der Waals surface area contributed by atoms with Crippen LogP contribution in [-0.4, -0.2) is 66.5 Å². The number of hydrogen-bond acceptors (Lipinski definition) is 7. The lowest BCUT2D eigenvalue weighted by molar-refractivity contribution is -0.140. The molecule has 1 aliphatic rings. The molecule has 1 aliphatic heterocycles. The summed E-state index contributed by atoms with van der Waals surface area (Å²) < 4.78 is 17.5. The van der Waals surface area contributed by atoms with Crippen LogP contribution in [0.1, 0.15) is 55.5 Å². The summed E-state index contributed by atoms with van der Waals surface area (Å²) >= 11 is 0. The Morgan fingerprint density at radius 2 is 1.67 bits per heavy atom. The zero-order chi connectivity index (χ0) is 30.9. The van der Waals surface area contributed by atoms with Gasteiger partial charge in [-0.05, 0) is 73.5 Å². The van der Waals surface area contributed by atoms with Gasteiger partial charge in [0.2, 0.25) is 0 Å². The van der Waals surface area contributed by atoms with Crippen LogP contribution in [0.3, 0.4) is 0 Å². The molecular formula is C35H42N2O6. The number of rotatable bonds is 14. The predicted octanol–water partition coefficient (Wildman–Crippen LogP) is 6.13. The second-order valence-electron chi connectivity index (χ2n) is 10.5. The quantitative estimate of drug-likeness (QED) is 0.138. The number of likely N-dealkylation sites (tertiary alicyclic amines) is 1. The van der Waals surface area contributed by atoms with E-state index in [1.165, 1.54) is 0 Å². The zero-order valence-electron chi connectivity index (χ0n) is 25.8. The maximum Gasteiger partial charge on any atom is 0.295 e. The Hall–Kier alpha value is -4.30. The minimum Gasteiger partial charge on any atom is -0.507 e. The lowest BCUT2D eigenvalue weighted by Gasteiger charge is -2.28. The highest BCUT2D eigenvalue weighted by Crippen LogP contribution is 2.42. The van der Waals surface area contributed by atoms with E-state index < -0.39 is 17.7 Å². The molecule has 1 saturated heterocycles. The number of carbonyl (C=O) groups excluding carboxylic acids is 2. The third-order valence-electron chi connectivity index (χ3n) is 7.76. The largest absolute Gasteiger partial charge is 0.507 e. The standard InChI is InChI=1S/C35H42N2O6/c1-6-20-42-27-15-16-28(24(4)21-27)33(38)31-32(37(35(40)34(31)39)19-18-36(7-2)8-3)26-14-17-29(30(22-26)41-5)43-23-25-12-10-9-11-13-25/h9-17,21-22,32,38H,6-8,18-20,23H2,1-5H3. The van der Waals surface area contributed by atoms with Crippen LogP contribution < -0.4 is 14.2 Å². The number of ether oxygens (including phenoxy) is 3. The van der Waals surface area contributed by atoms with Crippen molar-refractivity contribution in [3.8, 4) is 17.2 Å². The lowest BCUT2D eigenvalue weighted by Crippen LogP contribution is -2.38. The molecule has 0 aromatic heterocycles. The van der Waals surface area contributed by atoms with Gasteiger partial charge in [-0.2, -0.15) is 0 Å². The highest BCUT2D eigenvalue weighted by Gasteiger charge is 2.46. The van der Waals surface area contributed by atoms with Crippen molar-refractivity contribution < 1.29 is 28.9 Å². The molecule has 1 N–H and O–H groups in total. The molecule has 43 heavy (non-hydrogen) atoms. The predicted molar refractivity (Wildman–Crippen MR) is 168 cm³/mol. The van der Waals surface area contributed by atoms with Gasteiger partial charge in [0.15, 0.2) is 11.5 Å². The van der Waals surface area contributed by atoms with Gasteiger partial charge in [-0.1, -0.05) is 57.2 Å². The van der Waals surface area contributed by atoms with Crippen molar-refractivity contribution in [3.63, 3.8) is 0 Å². The van der Waals surface area contributed by atoms with Gasteiger partial charge in [0, 0.05) is 18.7 Å². The molecular weight excluding hydrogens is 544 g/mol. The summed E-state index contributed by atoms with van der Waals surface area (Å²) in [6.07, 6.45) is 0.872. The van der Waals surface area contributed by atoms with Gasteiger partial charge in [0.25, 0.3) is 11.7 Å². The van der Waals surface area contributed by atoms with Gasteiger partial charge in [-0.3, -0.25) is 9.59 Å². The van der Waals surface area contributed by atoms with E-state index in [1.54, 1.807) is 36.3 Å². The van der Waals surface area contributed by atoms with Gasteiger partial charge in [0.05, 0.1) is 25.3 Å². The van der Waals surface area contributed by atoms with Crippen molar-refractivity contribution in [3.05, 3.63) is 94.6 Å². The Bertz CT molecular complexity index is 1450. The maximum atomic E-state index is 13.6. The van der Waals surface area contributed by atoms with Crippen LogP contribution in [0.4, 0.5) is 0 Å². The molecule has 0 bridgehead atoms. The van der Waals surface area contributed by atoms with Crippen molar-refractivity contribution >= 4 is 17.4 Å². The molecule has 3 aromatic rings. The Morgan fingerprint density at radius 1 is 0.930 bits per heavy atom. The van der Waals surface area contributed by atoms with Crippen molar-refractivity contribution in [2.45, 2.75) is 46.8 Å². The highest BCUT2D eigenvalue weighted by atomic mass is 16.5. The van der Waals surface area contributed by atoms with Crippen LogP contribution in [0, 0.1) is 6.92 Å². The Labute approximate surface area is 254 Å². The number of aryl methyl sites for hydroxylation is 1. The number of amides is 1. The van der Waals surface area contributed by atoms with Crippen molar-refractivity contribution in [2.75, 3.05) is 39.9 Å². The maximum absolute atomic E-state index is 13.6. The number of Topliss-reactive ketones (excluding diaryl/α,β-unsaturated/α-hetero) is 1. The van der Waals surface area contributed by atoms with Crippen molar-refractivity contribution in [2.24, 2.45) is 0 Å². The summed E-state index contributed by atoms with van der Waals surface area (Å²) in [5.74, 6) is 0.128. The molecule has 0 radical (unpaired) electrons. The number of methoxy groups -OCH3 is 1. The molecule has 4 rings (SSSR count). The average Bonchev–Trinajstić information content (AvgIpc) is 3.28. The lowest BCUT2D eigenvalue weighted by atomic mass is 9.93. The van der Waals surface area contributed by atoms with E-state index in [0.29, 0.717) is 54.7 Å². The number of aliphatic hydroxyl groups excluding tert-OH is 1. The monoisotopic (exact) mass is 586 g/mol. The molecule has 0 aliphatic carbocycles. The minimum atomic E-state index is -0.803. The second kappa shape index (κ2) is 14.7. The summed E-state index contributed by atoms with van der Waals surface area (Å²) in [6, 6.07) is 19.7. The van der Waals surface area contributed by atoms with Gasteiger partial charge < -0.3 is 29.1 Å². The van der Waals surface area contributed by atoms with Crippen molar-refractivity contribution in [1.29, 1.82) is 0 Å². The van der Waals surface area contributed by atoms with Crippen LogP contribution in [0.2, 0.25) is 0 Å². The fourth-order valence-electron chi connectivity index (χ4n) is 5.31. The topological polar surface area (TPSA) is 88.5 Å². The van der Waals surface area contributed by atoms with E-state index in [2.05, 4.69) is 18.7 Å². The van der Waals surface area contributed by atoms with E-state index in [1.807, 2.05) is 56.3 Å². The van der Waals surface area contributed by atoms with E-state index in [-0.39, 0.29) is 11.3 Å². The number of likely N-dealkylation sites (N-methyl/N-ethyl adjacent to an activating group) is 1. The average molecular weight is 587 g/mol. The third-order valence-corrected chi connectivity index (χ3v) is 7.76. The molecule has 8 nitrogen and oxygen atoms in total. The van der Waals surface area contributed by atoms with Gasteiger partial charge in [0.1, 0.15) is 18.1 Å². The van der Waals surface area contributed by atoms with Crippen LogP contribution in [-0.2, 0) is 16.2 Å². The number of carbonyl (C=O) groups is 2. The zero-order valence-corrected chi connectivity index (χ0v) is 25.8. The van der Waals surface area contributed by atoms with Crippen LogP contribution >= 0.6 is 0 Å². The van der Waals surface area contributed by atoms with Crippen LogP contribution in [0.25, 0.3) is 5.76 Å². The minimum absolute atomic E-state index is 0.0508. The summed E-state index contributed by atoms with van der Waals surface area (Å²) in [4.78, 5) is 30.8. The molecule has 1 atom stereocenters. The normalized spacial score (nSPS) is 16.1. The molecule has 1 unspecified atom stereocenters. The number of ketones is 1. The number of aliphatic hydroxyl groups is 1. The van der Waals surface area contributed by atoms with E-state index in [0.717, 1.165) is 30.6 Å². The van der Waals surface area contributed by atoms with Gasteiger partial charge >= 0.3 is 0 Å². The Morgan fingerprint density at radius 3 is 2.33 bits per heavy atom. The molecule has 3 aromatic carbocycles. The first kappa shape index (κ1) is 31.6. The number of nitrogens with zero attached hydrogens (tertiary/aromatic N) is 2. The van der Waals surface area contributed by atoms with E-state index in [4.69, 9.17) is 14.2 Å². The first-order valence-corrected chi connectivity index (χ1v) is 14.9. The summed E-state index contributed by atoms with van der Waals surface area (Å²) in [5.41, 5.74) is 2.92. The molecule has 228 valence electrons. The molecule has 8 heteroatoms. The van der Waals surface area contributed by atoms with Crippen LogP contribution in [0.5, 0.6) is 17.2 Å². The van der Waals surface area contributed by atoms with Gasteiger partial charge in [-0.25, -0.2) is 0 Å². The number of hydrogen-bond donors (Lipinski definition) is 1. The van der Waals surface area contributed by atoms with Gasteiger partial charge in [-0.15, -0.1) is 0 Å². The molecule has 1 heterocycles. The first-order valence-electron chi connectivity index (χ1n) is 14.9. The highest BCUT2D eigenvalue weighted by molar-refractivity contribution is 6.46. The van der Waals surface area contributed by atoms with E-state index in [9.17, 15) is 14.7 Å². The molecule has 0 spiro atoms. The first-order chi connectivity index (χ1) is 20.8. The number of benzene rings is 3. The van der Waals surface area contributed by atoms with Crippen LogP contribution in [0.15, 0.2) is 72.3 Å².